The first-order valence-corrected chi connectivity index (χ1v) is 5.31. The van der Waals surface area contributed by atoms with Gasteiger partial charge >= 0.3 is 5.97 Å². The van der Waals surface area contributed by atoms with Crippen LogP contribution in [0, 0.1) is 0 Å². The largest absolute Gasteiger partial charge is 0.477 e. The van der Waals surface area contributed by atoms with Crippen molar-refractivity contribution in [3.05, 3.63) is 41.6 Å². The quantitative estimate of drug-likeness (QED) is 0.849. The van der Waals surface area contributed by atoms with Gasteiger partial charge in [0.2, 0.25) is 5.88 Å². The number of carboxylic acids is 1. The molecule has 0 fully saturated rings. The summed E-state index contributed by atoms with van der Waals surface area (Å²) in [5.41, 5.74) is 1.57. The Kier molecular flexibility index (Phi) is 2.11. The van der Waals surface area contributed by atoms with E-state index in [9.17, 15) is 4.79 Å². The molecule has 0 saturated heterocycles. The van der Waals surface area contributed by atoms with Crippen LogP contribution in [0.3, 0.4) is 0 Å². The molecular weight excluding hydrogens is 220 g/mol. The molecule has 0 atom stereocenters. The Morgan fingerprint density at radius 3 is 2.82 bits per heavy atom. The zero-order valence-electron chi connectivity index (χ0n) is 8.96. The van der Waals surface area contributed by atoms with E-state index in [-0.39, 0.29) is 5.69 Å². The summed E-state index contributed by atoms with van der Waals surface area (Å²) in [6.45, 7) is 0.514. The molecule has 0 aliphatic carbocycles. The van der Waals surface area contributed by atoms with Crippen LogP contribution in [-0.4, -0.2) is 27.5 Å². The van der Waals surface area contributed by atoms with E-state index in [1.54, 1.807) is 4.68 Å². The summed E-state index contributed by atoms with van der Waals surface area (Å²) in [5, 5.41) is 13.2. The molecular formula is C12H10N2O3. The molecule has 0 radical (unpaired) electrons. The molecule has 1 aliphatic rings. The lowest BCUT2D eigenvalue weighted by atomic mass is 10.2. The monoisotopic (exact) mass is 230 g/mol. The van der Waals surface area contributed by atoms with Gasteiger partial charge in [-0.2, -0.15) is 9.78 Å². The molecule has 1 aromatic heterocycles. The second-order valence-electron chi connectivity index (χ2n) is 3.78. The maximum Gasteiger partial charge on any atom is 0.356 e. The molecule has 86 valence electrons. The Labute approximate surface area is 97.3 Å². The molecule has 0 spiro atoms. The molecule has 0 unspecified atom stereocenters. The maximum atomic E-state index is 11.1. The summed E-state index contributed by atoms with van der Waals surface area (Å²) in [6.07, 6.45) is 0.601. The van der Waals surface area contributed by atoms with Crippen LogP contribution in [0.15, 0.2) is 30.3 Å². The molecule has 5 nitrogen and oxygen atoms in total. The highest BCUT2D eigenvalue weighted by atomic mass is 16.5. The topological polar surface area (TPSA) is 64.3 Å². The van der Waals surface area contributed by atoms with Gasteiger partial charge in [-0.1, -0.05) is 18.2 Å². The first-order chi connectivity index (χ1) is 8.27. The fraction of sp³-hybridized carbons (Fsp3) is 0.167. The maximum absolute atomic E-state index is 11.1. The second-order valence-corrected chi connectivity index (χ2v) is 3.78. The first kappa shape index (κ1) is 9.89. The van der Waals surface area contributed by atoms with Gasteiger partial charge in [-0.05, 0) is 12.1 Å². The number of rotatable bonds is 2. The fourth-order valence-corrected chi connectivity index (χ4v) is 1.97. The van der Waals surface area contributed by atoms with Gasteiger partial charge in [0, 0.05) is 6.42 Å². The van der Waals surface area contributed by atoms with E-state index in [0.29, 0.717) is 24.5 Å². The third kappa shape index (κ3) is 1.47. The molecule has 1 aliphatic heterocycles. The van der Waals surface area contributed by atoms with Crippen molar-refractivity contribution in [2.45, 2.75) is 6.42 Å². The predicted molar refractivity (Wildman–Crippen MR) is 59.7 cm³/mol. The molecule has 2 heterocycles. The lowest BCUT2D eigenvalue weighted by Crippen LogP contribution is -2.05. The number of nitrogens with zero attached hydrogens (tertiary/aromatic N) is 2. The van der Waals surface area contributed by atoms with Gasteiger partial charge in [0.25, 0.3) is 0 Å². The van der Waals surface area contributed by atoms with Crippen LogP contribution >= 0.6 is 0 Å². The number of ether oxygens (including phenoxy) is 1. The fourth-order valence-electron chi connectivity index (χ4n) is 1.97. The number of para-hydroxylation sites is 1. The zero-order chi connectivity index (χ0) is 11.8. The second kappa shape index (κ2) is 3.62. The smallest absolute Gasteiger partial charge is 0.356 e. The molecule has 1 aromatic carbocycles. The average Bonchev–Trinajstić information content (AvgIpc) is 2.90. The SMILES string of the molecule is O=C(O)c1nn(-c2ccccc2)c2c1CCO2. The summed E-state index contributed by atoms with van der Waals surface area (Å²) in [4.78, 5) is 11.1. The minimum Gasteiger partial charge on any atom is -0.477 e. The molecule has 5 heteroatoms. The van der Waals surface area contributed by atoms with Crippen molar-refractivity contribution in [3.63, 3.8) is 0 Å². The first-order valence-electron chi connectivity index (χ1n) is 5.31. The normalized spacial score (nSPS) is 13.2. The third-order valence-corrected chi connectivity index (χ3v) is 2.73. The molecule has 1 N–H and O–H groups in total. The predicted octanol–water partition coefficient (Wildman–Crippen LogP) is 1.51. The summed E-state index contributed by atoms with van der Waals surface area (Å²) < 4.78 is 7.00. The van der Waals surface area contributed by atoms with Crippen LogP contribution < -0.4 is 4.74 Å². The summed E-state index contributed by atoms with van der Waals surface area (Å²) in [6, 6.07) is 9.37. The van der Waals surface area contributed by atoms with E-state index in [1.807, 2.05) is 30.3 Å². The van der Waals surface area contributed by atoms with Gasteiger partial charge in [-0.15, -0.1) is 0 Å². The number of hydrogen-bond acceptors (Lipinski definition) is 3. The highest BCUT2D eigenvalue weighted by Gasteiger charge is 2.28. The Hall–Kier alpha value is -2.30. The van der Waals surface area contributed by atoms with E-state index >= 15 is 0 Å². The average molecular weight is 230 g/mol. The number of carboxylic acid groups (broad SMARTS) is 1. The Morgan fingerprint density at radius 1 is 1.35 bits per heavy atom. The highest BCUT2D eigenvalue weighted by Crippen LogP contribution is 2.30. The van der Waals surface area contributed by atoms with Crippen LogP contribution in [0.4, 0.5) is 0 Å². The van der Waals surface area contributed by atoms with Gasteiger partial charge in [0.05, 0.1) is 17.9 Å². The van der Waals surface area contributed by atoms with Crippen molar-refractivity contribution < 1.29 is 14.6 Å². The number of benzene rings is 1. The van der Waals surface area contributed by atoms with E-state index in [0.717, 1.165) is 5.69 Å². The number of aromatic carboxylic acids is 1. The Bertz CT molecular complexity index is 575. The Balaban J connectivity index is 2.19. The lowest BCUT2D eigenvalue weighted by molar-refractivity contribution is 0.0689. The van der Waals surface area contributed by atoms with Gasteiger partial charge < -0.3 is 9.84 Å². The van der Waals surface area contributed by atoms with Crippen molar-refractivity contribution in [1.82, 2.24) is 9.78 Å². The number of hydrogen-bond donors (Lipinski definition) is 1. The molecule has 0 bridgehead atoms. The molecule has 0 amide bonds. The van der Waals surface area contributed by atoms with Crippen molar-refractivity contribution in [3.8, 4) is 11.6 Å². The van der Waals surface area contributed by atoms with E-state index in [2.05, 4.69) is 5.10 Å². The van der Waals surface area contributed by atoms with Gasteiger partial charge in [-0.3, -0.25) is 0 Å². The van der Waals surface area contributed by atoms with Gasteiger partial charge in [-0.25, -0.2) is 4.79 Å². The van der Waals surface area contributed by atoms with Crippen molar-refractivity contribution >= 4 is 5.97 Å². The van der Waals surface area contributed by atoms with E-state index in [1.165, 1.54) is 0 Å². The summed E-state index contributed by atoms with van der Waals surface area (Å²) >= 11 is 0. The standard InChI is InChI=1S/C12H10N2O3/c15-12(16)10-9-6-7-17-11(9)14(13-10)8-4-2-1-3-5-8/h1-5H,6-7H2,(H,15,16). The molecule has 17 heavy (non-hydrogen) atoms. The number of carbonyl (C=O) groups is 1. The lowest BCUT2D eigenvalue weighted by Gasteiger charge is -2.04. The van der Waals surface area contributed by atoms with Gasteiger partial charge in [0.15, 0.2) is 5.69 Å². The number of fused-ring (bicyclic) bond motifs is 1. The van der Waals surface area contributed by atoms with Crippen LogP contribution in [0.2, 0.25) is 0 Å². The van der Waals surface area contributed by atoms with Crippen LogP contribution in [-0.2, 0) is 6.42 Å². The van der Waals surface area contributed by atoms with Crippen molar-refractivity contribution in [2.24, 2.45) is 0 Å². The molecule has 2 aromatic rings. The van der Waals surface area contributed by atoms with Crippen LogP contribution in [0.25, 0.3) is 5.69 Å². The van der Waals surface area contributed by atoms with Crippen LogP contribution in [0.1, 0.15) is 16.1 Å². The molecule has 3 rings (SSSR count). The highest BCUT2D eigenvalue weighted by molar-refractivity contribution is 5.88. The minimum absolute atomic E-state index is 0.0846. The van der Waals surface area contributed by atoms with Crippen molar-refractivity contribution in [1.29, 1.82) is 0 Å². The van der Waals surface area contributed by atoms with Crippen molar-refractivity contribution in [2.75, 3.05) is 6.61 Å². The minimum atomic E-state index is -1.01. The van der Waals surface area contributed by atoms with E-state index in [4.69, 9.17) is 9.84 Å². The Morgan fingerprint density at radius 2 is 2.12 bits per heavy atom. The van der Waals surface area contributed by atoms with Gasteiger partial charge in [0.1, 0.15) is 0 Å². The summed E-state index contributed by atoms with van der Waals surface area (Å²) in [5.74, 6) is -0.463. The zero-order valence-corrected chi connectivity index (χ0v) is 8.96. The number of aromatic nitrogens is 2. The van der Waals surface area contributed by atoms with Crippen LogP contribution in [0.5, 0.6) is 5.88 Å². The molecule has 0 saturated carbocycles. The van der Waals surface area contributed by atoms with E-state index < -0.39 is 5.97 Å². The third-order valence-electron chi connectivity index (χ3n) is 2.73. The summed E-state index contributed by atoms with van der Waals surface area (Å²) in [7, 11) is 0.